The van der Waals surface area contributed by atoms with E-state index < -0.39 is 5.41 Å². The molecule has 0 aromatic heterocycles. The van der Waals surface area contributed by atoms with Crippen LogP contribution in [0.15, 0.2) is 0 Å². The molecule has 3 saturated carbocycles. The topological polar surface area (TPSA) is 261 Å². The summed E-state index contributed by atoms with van der Waals surface area (Å²) in [5.41, 5.74) is -0.639. The Hall–Kier alpha value is -4.21. The van der Waals surface area contributed by atoms with Gasteiger partial charge in [-0.25, -0.2) is 0 Å². The van der Waals surface area contributed by atoms with E-state index >= 15 is 0 Å². The molecule has 0 aromatic rings. The molecule has 0 aliphatic heterocycles. The number of carbonyl (C=O) groups is 9. The van der Waals surface area contributed by atoms with E-state index in [4.69, 9.17) is 42.6 Å². The maximum Gasteiger partial charge on any atom is 0.302 e. The van der Waals surface area contributed by atoms with Crippen molar-refractivity contribution >= 4 is 52.9 Å². The number of hydrogen-bond acceptors (Lipinski definition) is 18. The predicted molar refractivity (Wildman–Crippen MR) is 379 cm³/mol. The highest BCUT2D eigenvalue weighted by Crippen LogP contribution is 2.43. The van der Waals surface area contributed by atoms with Gasteiger partial charge in [-0.05, 0) is 161 Å². The number of esters is 3. The van der Waals surface area contributed by atoms with Gasteiger partial charge in [0, 0.05) is 123 Å². The van der Waals surface area contributed by atoms with Crippen molar-refractivity contribution in [3.63, 3.8) is 0 Å². The van der Waals surface area contributed by atoms with Gasteiger partial charge in [-0.15, -0.1) is 0 Å². The molecule has 98 heavy (non-hydrogen) atoms. The van der Waals surface area contributed by atoms with Gasteiger partial charge in [0.05, 0.1) is 77.8 Å². The molecule has 0 aromatic carbocycles. The highest BCUT2D eigenvalue weighted by atomic mass is 16.5. The molecule has 3 aliphatic rings. The fourth-order valence-electron chi connectivity index (χ4n) is 14.3. The van der Waals surface area contributed by atoms with Crippen LogP contribution < -0.4 is 10.6 Å². The van der Waals surface area contributed by atoms with Gasteiger partial charge < -0.3 is 53.3 Å². The van der Waals surface area contributed by atoms with E-state index in [0.717, 1.165) is 77.0 Å². The number of nitrogens with one attached hydrogen (secondary N) is 2. The zero-order valence-electron chi connectivity index (χ0n) is 63.3. The molecule has 3 aliphatic carbocycles. The minimum atomic E-state index is -0.639. The number of ketones is 4. The SMILES string of the molecule is CC(=O)OCC1CC(OCCCCC(=O)CCCCCC(=O)CCOCC(C)(COCCC(=O)CCCCCC(=O)CCCCOC2CC(COC(C)=O)C(C)C(C)C2C)COCCC(=O)NCCCNC(=O)CCCCOC2CC(COC(C)=O)C(C)C(C)C2C)C(C)C(C)C1C. The van der Waals surface area contributed by atoms with Crippen LogP contribution in [-0.4, -0.2) is 164 Å². The van der Waals surface area contributed by atoms with Crippen molar-refractivity contribution in [2.45, 2.75) is 275 Å². The summed E-state index contributed by atoms with van der Waals surface area (Å²) in [4.78, 5) is 111. The van der Waals surface area contributed by atoms with Crippen LogP contribution in [0.4, 0.5) is 0 Å². The predicted octanol–water partition coefficient (Wildman–Crippen LogP) is 13.2. The molecular formula is C78H136N2O18. The summed E-state index contributed by atoms with van der Waals surface area (Å²) >= 11 is 0. The van der Waals surface area contributed by atoms with E-state index in [0.29, 0.717) is 177 Å². The number of carbonyl (C=O) groups excluding carboxylic acids is 9. The molecule has 0 bridgehead atoms. The number of hydrogen-bond donors (Lipinski definition) is 2. The molecule has 20 nitrogen and oxygen atoms in total. The Labute approximate surface area is 590 Å². The van der Waals surface area contributed by atoms with Gasteiger partial charge in [-0.1, -0.05) is 82.1 Å². The van der Waals surface area contributed by atoms with Crippen LogP contribution in [0.2, 0.25) is 0 Å². The average molecular weight is 1390 g/mol. The van der Waals surface area contributed by atoms with E-state index in [1.807, 2.05) is 6.92 Å². The van der Waals surface area contributed by atoms with Crippen molar-refractivity contribution in [1.29, 1.82) is 0 Å². The van der Waals surface area contributed by atoms with Crippen molar-refractivity contribution in [3.8, 4) is 0 Å². The number of rotatable bonds is 55. The summed E-state index contributed by atoms with van der Waals surface area (Å²) in [5.74, 6) is 4.40. The zero-order chi connectivity index (χ0) is 72.4. The molecule has 0 radical (unpaired) electrons. The van der Waals surface area contributed by atoms with Crippen LogP contribution in [0.5, 0.6) is 0 Å². The van der Waals surface area contributed by atoms with Gasteiger partial charge in [-0.3, -0.25) is 43.2 Å². The quantitative estimate of drug-likeness (QED) is 0.0326. The fraction of sp³-hybridized carbons (Fsp3) is 0.885. The Kier molecular flexibility index (Phi) is 45.1. The van der Waals surface area contributed by atoms with Crippen LogP contribution in [0.25, 0.3) is 0 Å². The van der Waals surface area contributed by atoms with Gasteiger partial charge in [0.1, 0.15) is 23.1 Å². The molecule has 15 atom stereocenters. The number of ether oxygens (including phenoxy) is 9. The summed E-state index contributed by atoms with van der Waals surface area (Å²) in [6, 6.07) is 0. The molecule has 2 amide bonds. The first-order valence-corrected chi connectivity index (χ1v) is 38.3. The van der Waals surface area contributed by atoms with Crippen LogP contribution in [0.1, 0.15) is 257 Å². The van der Waals surface area contributed by atoms with Crippen molar-refractivity contribution in [3.05, 3.63) is 0 Å². The first-order valence-electron chi connectivity index (χ1n) is 38.3. The van der Waals surface area contributed by atoms with Crippen LogP contribution >= 0.6 is 0 Å². The monoisotopic (exact) mass is 1390 g/mol. The molecule has 3 rings (SSSR count). The molecule has 15 unspecified atom stereocenters. The minimum Gasteiger partial charge on any atom is -0.466 e. The summed E-state index contributed by atoms with van der Waals surface area (Å²) in [6.45, 7) is 31.6. The Morgan fingerprint density at radius 1 is 0.316 bits per heavy atom. The number of amides is 2. The van der Waals surface area contributed by atoms with Gasteiger partial charge >= 0.3 is 17.9 Å². The first-order chi connectivity index (χ1) is 46.7. The standard InChI is InChI=1S/C78H136N2O18/c1-54-57(4)66(48-96-63(10)81)45-73(60(54)7)93-39-23-20-31-69(84)27-16-14-18-29-71(86)34-42-90-51-78(13,52-91-43-35-72(87)30-19-15-17-28-70(85)32-21-24-40-94-74-46-67(49-97-64(11)82)58(5)55(2)61(74)8)53-92-44-36-77(89)80-38-26-37-79-76(88)33-22-25-41-95-75-47-68(50-98-65(12)83)59(6)56(3)62(75)9/h54-62,66-68,73-75H,14-53H2,1-13H3,(H,79,88)(H,80,89). The van der Waals surface area contributed by atoms with Crippen LogP contribution in [0.3, 0.4) is 0 Å². The van der Waals surface area contributed by atoms with Gasteiger partial charge in [-0.2, -0.15) is 0 Å². The molecule has 0 spiro atoms. The zero-order valence-corrected chi connectivity index (χ0v) is 63.3. The van der Waals surface area contributed by atoms with Crippen molar-refractivity contribution in [2.75, 3.05) is 92.4 Å². The Balaban J connectivity index is 1.32. The number of Topliss-reactive ketones (excluding diaryl/α,β-unsaturated/α-hetero) is 4. The minimum absolute atomic E-state index is 0.0360. The average Bonchev–Trinajstić information content (AvgIpc) is 0.834. The van der Waals surface area contributed by atoms with Crippen molar-refractivity contribution < 1.29 is 85.8 Å². The summed E-state index contributed by atoms with van der Waals surface area (Å²) in [7, 11) is 0. The van der Waals surface area contributed by atoms with E-state index in [-0.39, 0.29) is 148 Å². The molecular weight excluding hydrogens is 1250 g/mol. The van der Waals surface area contributed by atoms with E-state index in [9.17, 15) is 43.2 Å². The van der Waals surface area contributed by atoms with Gasteiger partial charge in [0.15, 0.2) is 0 Å². The van der Waals surface area contributed by atoms with E-state index in [1.165, 1.54) is 20.8 Å². The third-order valence-electron chi connectivity index (χ3n) is 22.3. The lowest BCUT2D eigenvalue weighted by atomic mass is 9.67. The molecule has 2 N–H and O–H groups in total. The molecule has 0 saturated heterocycles. The van der Waals surface area contributed by atoms with Crippen molar-refractivity contribution in [2.24, 2.45) is 76.4 Å². The van der Waals surface area contributed by atoms with E-state index in [2.05, 4.69) is 72.9 Å². The van der Waals surface area contributed by atoms with Crippen molar-refractivity contribution in [1.82, 2.24) is 10.6 Å². The lowest BCUT2D eigenvalue weighted by molar-refractivity contribution is -0.146. The van der Waals surface area contributed by atoms with Crippen LogP contribution in [-0.2, 0) is 85.8 Å². The third-order valence-corrected chi connectivity index (χ3v) is 22.3. The highest BCUT2D eigenvalue weighted by molar-refractivity contribution is 5.80. The third kappa shape index (κ3) is 37.1. The lowest BCUT2D eigenvalue weighted by Crippen LogP contribution is -2.42. The van der Waals surface area contributed by atoms with Crippen LogP contribution in [0, 0.1) is 76.4 Å². The van der Waals surface area contributed by atoms with E-state index in [1.54, 1.807) is 0 Å². The second-order valence-electron chi connectivity index (χ2n) is 30.3. The highest BCUT2D eigenvalue weighted by Gasteiger charge is 2.42. The Bertz CT molecular complexity index is 2070. The summed E-state index contributed by atoms with van der Waals surface area (Å²) < 4.78 is 53.2. The second kappa shape index (κ2) is 50.2. The smallest absolute Gasteiger partial charge is 0.302 e. The maximum atomic E-state index is 12.9. The molecule has 0 heterocycles. The maximum absolute atomic E-state index is 12.9. The fourth-order valence-corrected chi connectivity index (χ4v) is 14.3. The van der Waals surface area contributed by atoms with Gasteiger partial charge in [0.2, 0.25) is 11.8 Å². The lowest BCUT2D eigenvalue weighted by Gasteiger charge is -2.43. The molecule has 3 fully saturated rings. The normalized spacial score (nSPS) is 26.2. The Morgan fingerprint density at radius 3 is 0.908 bits per heavy atom. The second-order valence-corrected chi connectivity index (χ2v) is 30.3. The van der Waals surface area contributed by atoms with Gasteiger partial charge in [0.25, 0.3) is 0 Å². The summed E-state index contributed by atoms with van der Waals surface area (Å²) in [6.07, 6.45) is 16.6. The Morgan fingerprint density at radius 2 is 0.592 bits per heavy atom. The largest absolute Gasteiger partial charge is 0.466 e. The number of unbranched alkanes of at least 4 members (excludes halogenated alkanes) is 7. The molecule has 20 heteroatoms. The molecule has 566 valence electrons. The first kappa shape index (κ1) is 88.0. The summed E-state index contributed by atoms with van der Waals surface area (Å²) in [5, 5.41) is 5.85.